The minimum Gasteiger partial charge on any atom is -0.481 e. The van der Waals surface area contributed by atoms with Crippen LogP contribution in [-0.4, -0.2) is 34.4 Å². The van der Waals surface area contributed by atoms with E-state index in [9.17, 15) is 0 Å². The molecule has 0 bridgehead atoms. The third-order valence-electron chi connectivity index (χ3n) is 3.86. The number of nitrogens with one attached hydrogen (secondary N) is 2. The van der Waals surface area contributed by atoms with E-state index in [2.05, 4.69) is 32.6 Å². The first-order valence-corrected chi connectivity index (χ1v) is 8.05. The second kappa shape index (κ2) is 8.33. The van der Waals surface area contributed by atoms with Crippen molar-refractivity contribution < 1.29 is 4.74 Å². The molecule has 0 unspecified atom stereocenters. The summed E-state index contributed by atoms with van der Waals surface area (Å²) < 4.78 is 7.05. The van der Waals surface area contributed by atoms with Gasteiger partial charge in [-0.05, 0) is 32.4 Å². The average Bonchev–Trinajstić information content (AvgIpc) is 2.83. The molecule has 130 valence electrons. The molecular weight excluding hydrogens is 304 g/mol. The van der Waals surface area contributed by atoms with Crippen LogP contribution in [0.4, 0.5) is 0 Å². The number of methoxy groups -OCH3 is 1. The van der Waals surface area contributed by atoms with Gasteiger partial charge in [0.05, 0.1) is 19.3 Å². The van der Waals surface area contributed by atoms with Crippen molar-refractivity contribution in [2.45, 2.75) is 33.9 Å². The van der Waals surface area contributed by atoms with Crippen LogP contribution in [0.2, 0.25) is 0 Å². The highest BCUT2D eigenvalue weighted by molar-refractivity contribution is 5.79. The Labute approximate surface area is 143 Å². The number of ether oxygens (including phenoxy) is 1. The molecule has 2 heterocycles. The molecule has 0 amide bonds. The van der Waals surface area contributed by atoms with Crippen molar-refractivity contribution in [3.63, 3.8) is 0 Å². The molecule has 0 aliphatic carbocycles. The molecule has 2 rings (SSSR count). The fourth-order valence-electron chi connectivity index (χ4n) is 2.42. The van der Waals surface area contributed by atoms with E-state index in [0.29, 0.717) is 19.0 Å². The van der Waals surface area contributed by atoms with Gasteiger partial charge in [0.1, 0.15) is 0 Å². The summed E-state index contributed by atoms with van der Waals surface area (Å²) in [7, 11) is 3.57. The molecule has 24 heavy (non-hydrogen) atoms. The third-order valence-corrected chi connectivity index (χ3v) is 3.86. The number of hydrogen-bond acceptors (Lipinski definition) is 4. The predicted molar refractivity (Wildman–Crippen MR) is 95.1 cm³/mol. The van der Waals surface area contributed by atoms with Crippen molar-refractivity contribution >= 4 is 5.96 Å². The van der Waals surface area contributed by atoms with Crippen molar-refractivity contribution in [1.82, 2.24) is 25.4 Å². The Morgan fingerprint density at radius 2 is 2.12 bits per heavy atom. The Morgan fingerprint density at radius 1 is 1.33 bits per heavy atom. The maximum Gasteiger partial charge on any atom is 0.213 e. The molecular formula is C17H26N6O. The van der Waals surface area contributed by atoms with Crippen molar-refractivity contribution in [3.8, 4) is 5.88 Å². The van der Waals surface area contributed by atoms with Crippen LogP contribution in [0.5, 0.6) is 5.88 Å². The monoisotopic (exact) mass is 330 g/mol. The Morgan fingerprint density at radius 3 is 2.75 bits per heavy atom. The highest BCUT2D eigenvalue weighted by atomic mass is 16.5. The summed E-state index contributed by atoms with van der Waals surface area (Å²) >= 11 is 0. The summed E-state index contributed by atoms with van der Waals surface area (Å²) in [4.78, 5) is 8.73. The summed E-state index contributed by atoms with van der Waals surface area (Å²) in [5.74, 6) is 1.37. The molecule has 0 saturated carbocycles. The lowest BCUT2D eigenvalue weighted by Gasteiger charge is -2.12. The minimum atomic E-state index is 0.555. The SMILES string of the molecule is CCNC(=NCc1ccnc(OC)c1)NCc1c(C)nn(C)c1C. The molecule has 2 aromatic heterocycles. The van der Waals surface area contributed by atoms with Crippen molar-refractivity contribution in [2.75, 3.05) is 13.7 Å². The molecule has 0 saturated heterocycles. The van der Waals surface area contributed by atoms with Crippen LogP contribution in [0.1, 0.15) is 29.4 Å². The Hall–Kier alpha value is -2.57. The topological polar surface area (TPSA) is 76.4 Å². The molecule has 0 radical (unpaired) electrons. The first-order valence-electron chi connectivity index (χ1n) is 8.05. The Balaban J connectivity index is 2.05. The largest absolute Gasteiger partial charge is 0.481 e. The molecule has 0 fully saturated rings. The molecule has 0 aliphatic rings. The quantitative estimate of drug-likeness (QED) is 0.623. The molecule has 0 spiro atoms. The third kappa shape index (κ3) is 4.47. The number of aryl methyl sites for hydroxylation is 2. The summed E-state index contributed by atoms with van der Waals surface area (Å²) in [5.41, 5.74) is 4.45. The lowest BCUT2D eigenvalue weighted by molar-refractivity contribution is 0.397. The number of aliphatic imine (C=N–C) groups is 1. The molecule has 7 heteroatoms. The van der Waals surface area contributed by atoms with E-state index < -0.39 is 0 Å². The number of rotatable bonds is 6. The fourth-order valence-corrected chi connectivity index (χ4v) is 2.42. The van der Waals surface area contributed by atoms with E-state index in [1.54, 1.807) is 13.3 Å². The van der Waals surface area contributed by atoms with Crippen LogP contribution in [0.3, 0.4) is 0 Å². The van der Waals surface area contributed by atoms with E-state index in [-0.39, 0.29) is 0 Å². The first-order chi connectivity index (χ1) is 11.5. The van der Waals surface area contributed by atoms with E-state index >= 15 is 0 Å². The van der Waals surface area contributed by atoms with Crippen molar-refractivity contribution in [1.29, 1.82) is 0 Å². The van der Waals surface area contributed by atoms with Gasteiger partial charge in [-0.3, -0.25) is 4.68 Å². The summed E-state index contributed by atoms with van der Waals surface area (Å²) in [5, 5.41) is 11.1. The fraction of sp³-hybridized carbons (Fsp3) is 0.471. The standard InChI is InChI=1S/C17H26N6O/c1-6-18-17(20-10-14-7-8-19-16(9-14)24-5)21-11-15-12(2)22-23(4)13(15)3/h7-9H,6,10-11H2,1-5H3,(H2,18,20,21). The second-order valence-electron chi connectivity index (χ2n) is 5.53. The van der Waals surface area contributed by atoms with Crippen molar-refractivity contribution in [2.24, 2.45) is 12.0 Å². The second-order valence-corrected chi connectivity index (χ2v) is 5.53. The zero-order chi connectivity index (χ0) is 17.5. The molecule has 2 aromatic rings. The lowest BCUT2D eigenvalue weighted by Crippen LogP contribution is -2.37. The van der Waals surface area contributed by atoms with Gasteiger partial charge in [0, 0.05) is 43.7 Å². The number of guanidine groups is 1. The highest BCUT2D eigenvalue weighted by Gasteiger charge is 2.09. The lowest BCUT2D eigenvalue weighted by atomic mass is 10.2. The molecule has 2 N–H and O–H groups in total. The zero-order valence-electron chi connectivity index (χ0n) is 15.1. The van der Waals surface area contributed by atoms with Gasteiger partial charge in [-0.2, -0.15) is 5.10 Å². The number of hydrogen-bond donors (Lipinski definition) is 2. The number of pyridine rings is 1. The van der Waals surface area contributed by atoms with Gasteiger partial charge >= 0.3 is 0 Å². The van der Waals surface area contributed by atoms with Gasteiger partial charge in [-0.15, -0.1) is 0 Å². The molecule has 0 aliphatic heterocycles. The highest BCUT2D eigenvalue weighted by Crippen LogP contribution is 2.11. The summed E-state index contributed by atoms with van der Waals surface area (Å²) in [6, 6.07) is 3.83. The maximum absolute atomic E-state index is 5.14. The smallest absolute Gasteiger partial charge is 0.213 e. The number of aromatic nitrogens is 3. The van der Waals surface area contributed by atoms with Gasteiger partial charge in [-0.25, -0.2) is 9.98 Å². The van der Waals surface area contributed by atoms with E-state index in [1.807, 2.05) is 37.7 Å². The van der Waals surface area contributed by atoms with Gasteiger partial charge in [0.2, 0.25) is 5.88 Å². The van der Waals surface area contributed by atoms with E-state index in [0.717, 1.165) is 29.5 Å². The predicted octanol–water partition coefficient (Wildman–Crippen LogP) is 1.70. The number of nitrogens with zero attached hydrogens (tertiary/aromatic N) is 4. The summed E-state index contributed by atoms with van der Waals surface area (Å²) in [6.45, 7) is 8.20. The van der Waals surface area contributed by atoms with Gasteiger partial charge in [0.25, 0.3) is 0 Å². The zero-order valence-corrected chi connectivity index (χ0v) is 15.1. The van der Waals surface area contributed by atoms with Gasteiger partial charge in [0.15, 0.2) is 5.96 Å². The summed E-state index contributed by atoms with van der Waals surface area (Å²) in [6.07, 6.45) is 1.73. The Kier molecular flexibility index (Phi) is 6.17. The molecule has 7 nitrogen and oxygen atoms in total. The van der Waals surface area contributed by atoms with Crippen LogP contribution in [-0.2, 0) is 20.1 Å². The van der Waals surface area contributed by atoms with Gasteiger partial charge in [-0.1, -0.05) is 0 Å². The molecule has 0 aromatic carbocycles. The average molecular weight is 330 g/mol. The molecule has 0 atom stereocenters. The van der Waals surface area contributed by atoms with E-state index in [1.165, 1.54) is 5.56 Å². The van der Waals surface area contributed by atoms with E-state index in [4.69, 9.17) is 4.74 Å². The Bertz CT molecular complexity index is 707. The van der Waals surface area contributed by atoms with Gasteiger partial charge < -0.3 is 15.4 Å². The van der Waals surface area contributed by atoms with Crippen LogP contribution >= 0.6 is 0 Å². The van der Waals surface area contributed by atoms with Crippen LogP contribution in [0, 0.1) is 13.8 Å². The first kappa shape index (κ1) is 17.8. The van der Waals surface area contributed by atoms with Crippen LogP contribution in [0.15, 0.2) is 23.3 Å². The maximum atomic E-state index is 5.14. The normalized spacial score (nSPS) is 11.5. The van der Waals surface area contributed by atoms with Crippen LogP contribution < -0.4 is 15.4 Å². The van der Waals surface area contributed by atoms with Crippen LogP contribution in [0.25, 0.3) is 0 Å². The minimum absolute atomic E-state index is 0.555. The van der Waals surface area contributed by atoms with Crippen molar-refractivity contribution in [3.05, 3.63) is 40.8 Å².